The van der Waals surface area contributed by atoms with Crippen LogP contribution in [0.25, 0.3) is 0 Å². The normalized spacial score (nSPS) is 36.9. The second kappa shape index (κ2) is 7.77. The molecule has 0 aromatic carbocycles. The number of hydrogen-bond donors (Lipinski definition) is 0. The second-order valence-electron chi connectivity index (χ2n) is 6.83. The van der Waals surface area contributed by atoms with E-state index in [2.05, 4.69) is 26.0 Å². The Morgan fingerprint density at radius 3 is 1.37 bits per heavy atom. The van der Waals surface area contributed by atoms with Crippen LogP contribution < -0.4 is 0 Å². The molecule has 1 nitrogen and oxygen atoms in total. The Kier molecular flexibility index (Phi) is 6.00. The minimum absolute atomic E-state index is 0.750. The van der Waals surface area contributed by atoms with E-state index in [-0.39, 0.29) is 0 Å². The third-order valence-corrected chi connectivity index (χ3v) is 4.98. The van der Waals surface area contributed by atoms with Crippen molar-refractivity contribution in [1.29, 1.82) is 0 Å². The predicted molar refractivity (Wildman–Crippen MR) is 81.6 cm³/mol. The summed E-state index contributed by atoms with van der Waals surface area (Å²) in [5.41, 5.74) is 0. The molecule has 1 heteroatoms. The maximum Gasteiger partial charge on any atom is 0.0864 e. The molecule has 0 amide bonds. The molecule has 0 aromatic heterocycles. The Morgan fingerprint density at radius 1 is 0.632 bits per heavy atom. The molecule has 0 radical (unpaired) electrons. The molecular weight excluding hydrogens is 232 g/mol. The lowest BCUT2D eigenvalue weighted by molar-refractivity contribution is 0.314. The van der Waals surface area contributed by atoms with Gasteiger partial charge in [-0.05, 0) is 61.5 Å². The number of ether oxygens (including phenoxy) is 1. The fourth-order valence-corrected chi connectivity index (χ4v) is 3.31. The molecule has 0 saturated heterocycles. The highest BCUT2D eigenvalue weighted by molar-refractivity contribution is 4.90. The monoisotopic (exact) mass is 262 g/mol. The number of allylic oxidation sites excluding steroid dienone is 2. The van der Waals surface area contributed by atoms with Gasteiger partial charge in [-0.3, -0.25) is 0 Å². The molecule has 2 fully saturated rings. The van der Waals surface area contributed by atoms with Crippen molar-refractivity contribution in [2.45, 2.75) is 65.2 Å². The molecule has 0 bridgehead atoms. The Morgan fingerprint density at radius 2 is 1.00 bits per heavy atom. The molecular formula is C18H30O. The van der Waals surface area contributed by atoms with Crippen molar-refractivity contribution >= 4 is 0 Å². The van der Waals surface area contributed by atoms with Gasteiger partial charge in [0.25, 0.3) is 0 Å². The molecule has 0 N–H and O–H groups in total. The van der Waals surface area contributed by atoms with E-state index in [9.17, 15) is 0 Å². The number of rotatable bonds is 4. The molecule has 108 valence electrons. The van der Waals surface area contributed by atoms with Gasteiger partial charge in [0.05, 0.1) is 12.5 Å². The SMILES string of the molecule is CC1CCC(C=COC=CC2CCC(C)CC2)CC1. The Bertz CT molecular complexity index is 259. The molecule has 2 aliphatic rings. The highest BCUT2D eigenvalue weighted by Crippen LogP contribution is 2.30. The minimum atomic E-state index is 0.750. The van der Waals surface area contributed by atoms with Crippen molar-refractivity contribution in [2.24, 2.45) is 23.7 Å². The molecule has 2 rings (SSSR count). The minimum Gasteiger partial charge on any atom is -0.473 e. The Balaban J connectivity index is 1.60. The van der Waals surface area contributed by atoms with Crippen molar-refractivity contribution in [3.05, 3.63) is 24.7 Å². The maximum absolute atomic E-state index is 5.53. The summed E-state index contributed by atoms with van der Waals surface area (Å²) < 4.78 is 5.53. The first-order valence-electron chi connectivity index (χ1n) is 8.23. The van der Waals surface area contributed by atoms with Gasteiger partial charge in [0.1, 0.15) is 0 Å². The third kappa shape index (κ3) is 5.42. The Labute approximate surface area is 119 Å². The molecule has 0 spiro atoms. The van der Waals surface area contributed by atoms with Crippen LogP contribution in [0.15, 0.2) is 24.7 Å². The first-order valence-corrected chi connectivity index (χ1v) is 8.23. The van der Waals surface area contributed by atoms with Crippen LogP contribution in [-0.2, 0) is 4.74 Å². The van der Waals surface area contributed by atoms with E-state index in [1.54, 1.807) is 0 Å². The molecule has 2 aliphatic carbocycles. The van der Waals surface area contributed by atoms with Crippen LogP contribution >= 0.6 is 0 Å². The van der Waals surface area contributed by atoms with E-state index in [1.807, 2.05) is 12.5 Å². The van der Waals surface area contributed by atoms with Crippen LogP contribution in [0.3, 0.4) is 0 Å². The lowest BCUT2D eigenvalue weighted by Crippen LogP contribution is -2.10. The summed E-state index contributed by atoms with van der Waals surface area (Å²) in [7, 11) is 0. The molecule has 2 saturated carbocycles. The van der Waals surface area contributed by atoms with Crippen molar-refractivity contribution in [3.63, 3.8) is 0 Å². The quantitative estimate of drug-likeness (QED) is 0.592. The van der Waals surface area contributed by atoms with E-state index in [1.165, 1.54) is 51.4 Å². The zero-order valence-corrected chi connectivity index (χ0v) is 12.7. The summed E-state index contributed by atoms with van der Waals surface area (Å²) in [4.78, 5) is 0. The first-order chi connectivity index (χ1) is 9.24. The van der Waals surface area contributed by atoms with Crippen LogP contribution in [0, 0.1) is 23.7 Å². The molecule has 19 heavy (non-hydrogen) atoms. The summed E-state index contributed by atoms with van der Waals surface area (Å²) in [6.45, 7) is 4.73. The van der Waals surface area contributed by atoms with Crippen LogP contribution in [0.2, 0.25) is 0 Å². The summed E-state index contributed by atoms with van der Waals surface area (Å²) in [5, 5.41) is 0. The van der Waals surface area contributed by atoms with Gasteiger partial charge in [0, 0.05) is 0 Å². The first kappa shape index (κ1) is 14.7. The summed E-state index contributed by atoms with van der Waals surface area (Å²) in [5.74, 6) is 3.36. The average Bonchev–Trinajstić information content (AvgIpc) is 2.43. The van der Waals surface area contributed by atoms with Crippen LogP contribution in [0.1, 0.15) is 65.2 Å². The molecule has 0 atom stereocenters. The van der Waals surface area contributed by atoms with Gasteiger partial charge in [-0.15, -0.1) is 0 Å². The van der Waals surface area contributed by atoms with E-state index < -0.39 is 0 Å². The lowest BCUT2D eigenvalue weighted by Gasteiger charge is -2.23. The van der Waals surface area contributed by atoms with E-state index in [4.69, 9.17) is 4.74 Å². The van der Waals surface area contributed by atoms with Crippen molar-refractivity contribution in [2.75, 3.05) is 0 Å². The largest absolute Gasteiger partial charge is 0.473 e. The third-order valence-electron chi connectivity index (χ3n) is 4.98. The summed E-state index contributed by atoms with van der Waals surface area (Å²) >= 11 is 0. The van der Waals surface area contributed by atoms with Gasteiger partial charge in [-0.1, -0.05) is 39.5 Å². The molecule has 0 aliphatic heterocycles. The van der Waals surface area contributed by atoms with Gasteiger partial charge < -0.3 is 4.74 Å². The maximum atomic E-state index is 5.53. The molecule has 0 heterocycles. The fraction of sp³-hybridized carbons (Fsp3) is 0.778. The second-order valence-corrected chi connectivity index (χ2v) is 6.83. The van der Waals surface area contributed by atoms with Crippen LogP contribution in [-0.4, -0.2) is 0 Å². The van der Waals surface area contributed by atoms with Gasteiger partial charge in [0.2, 0.25) is 0 Å². The summed E-state index contributed by atoms with van der Waals surface area (Å²) in [6.07, 6.45) is 19.2. The lowest BCUT2D eigenvalue weighted by atomic mass is 9.83. The smallest absolute Gasteiger partial charge is 0.0864 e. The average molecular weight is 262 g/mol. The zero-order chi connectivity index (χ0) is 13.5. The molecule has 0 unspecified atom stereocenters. The fourth-order valence-electron chi connectivity index (χ4n) is 3.31. The van der Waals surface area contributed by atoms with Gasteiger partial charge >= 0.3 is 0 Å². The Hall–Kier alpha value is -0.720. The van der Waals surface area contributed by atoms with E-state index in [0.717, 1.165) is 23.7 Å². The van der Waals surface area contributed by atoms with Gasteiger partial charge in [-0.25, -0.2) is 0 Å². The van der Waals surface area contributed by atoms with Gasteiger partial charge in [-0.2, -0.15) is 0 Å². The highest BCUT2D eigenvalue weighted by atomic mass is 16.5. The van der Waals surface area contributed by atoms with Crippen molar-refractivity contribution in [3.8, 4) is 0 Å². The standard InChI is InChI=1S/C18H30O/c1-15-3-7-17(8-4-15)11-13-19-14-12-18-9-5-16(2)6-10-18/h11-18H,3-10H2,1-2H3. The van der Waals surface area contributed by atoms with Crippen LogP contribution in [0.5, 0.6) is 0 Å². The van der Waals surface area contributed by atoms with Gasteiger partial charge in [0.15, 0.2) is 0 Å². The zero-order valence-electron chi connectivity index (χ0n) is 12.7. The highest BCUT2D eigenvalue weighted by Gasteiger charge is 2.16. The summed E-state index contributed by atoms with van der Waals surface area (Å²) in [6, 6.07) is 0. The molecule has 0 aromatic rings. The van der Waals surface area contributed by atoms with Crippen molar-refractivity contribution < 1.29 is 4.74 Å². The van der Waals surface area contributed by atoms with Crippen molar-refractivity contribution in [1.82, 2.24) is 0 Å². The predicted octanol–water partition coefficient (Wildman–Crippen LogP) is 5.68. The number of hydrogen-bond acceptors (Lipinski definition) is 1. The van der Waals surface area contributed by atoms with E-state index in [0.29, 0.717) is 0 Å². The van der Waals surface area contributed by atoms with Crippen LogP contribution in [0.4, 0.5) is 0 Å². The van der Waals surface area contributed by atoms with E-state index >= 15 is 0 Å². The topological polar surface area (TPSA) is 9.23 Å².